The maximum absolute atomic E-state index is 12.4. The van der Waals surface area contributed by atoms with Crippen molar-refractivity contribution in [2.45, 2.75) is 192 Å². The molecule has 0 fully saturated rings. The second-order valence-electron chi connectivity index (χ2n) is 11.9. The van der Waals surface area contributed by atoms with Gasteiger partial charge in [-0.25, -0.2) is 0 Å². The van der Waals surface area contributed by atoms with Gasteiger partial charge in [0.15, 0.2) is 0 Å². The van der Waals surface area contributed by atoms with Crippen molar-refractivity contribution in [1.29, 1.82) is 0 Å². The summed E-state index contributed by atoms with van der Waals surface area (Å²) < 4.78 is 0. The van der Waals surface area contributed by atoms with E-state index in [0.29, 0.717) is 12.8 Å². The maximum atomic E-state index is 12.4. The molecule has 0 spiro atoms. The number of amides is 1. The minimum Gasteiger partial charge on any atom is -0.394 e. The summed E-state index contributed by atoms with van der Waals surface area (Å²) in [6, 6.07) is -0.993. The van der Waals surface area contributed by atoms with Gasteiger partial charge in [-0.05, 0) is 38.5 Å². The molecule has 4 atom stereocenters. The van der Waals surface area contributed by atoms with Crippen LogP contribution in [0.15, 0.2) is 12.2 Å². The fraction of sp³-hybridized carbons (Fsp3) is 0.912. The second kappa shape index (κ2) is 29.5. The van der Waals surface area contributed by atoms with Crippen LogP contribution in [0.1, 0.15) is 168 Å². The number of hydrogen-bond acceptors (Lipinski definition) is 5. The van der Waals surface area contributed by atoms with Gasteiger partial charge in [0.05, 0.1) is 18.8 Å². The highest BCUT2D eigenvalue weighted by Crippen LogP contribution is 2.15. The molecular formula is C34H67NO5. The summed E-state index contributed by atoms with van der Waals surface area (Å²) in [7, 11) is 0. The molecule has 0 aromatic carbocycles. The van der Waals surface area contributed by atoms with E-state index in [1.165, 1.54) is 103 Å². The minimum atomic E-state index is -1.27. The summed E-state index contributed by atoms with van der Waals surface area (Å²) in [6.07, 6.45) is 28.2. The van der Waals surface area contributed by atoms with Gasteiger partial charge in [-0.15, -0.1) is 0 Å². The number of carbonyl (C=O) groups excluding carboxylic acids is 1. The van der Waals surface area contributed by atoms with E-state index in [-0.39, 0.29) is 0 Å². The Kier molecular flexibility index (Phi) is 28.8. The zero-order valence-electron chi connectivity index (χ0n) is 26.3. The molecule has 6 heteroatoms. The third-order valence-corrected chi connectivity index (χ3v) is 7.98. The smallest absolute Gasteiger partial charge is 0.249 e. The molecule has 0 aliphatic heterocycles. The van der Waals surface area contributed by atoms with E-state index in [0.717, 1.165) is 38.5 Å². The van der Waals surface area contributed by atoms with Crippen molar-refractivity contribution >= 4 is 5.91 Å². The number of rotatable bonds is 30. The molecular weight excluding hydrogens is 502 g/mol. The fourth-order valence-electron chi connectivity index (χ4n) is 5.17. The molecule has 0 aliphatic rings. The Morgan fingerprint density at radius 1 is 0.600 bits per heavy atom. The highest BCUT2D eigenvalue weighted by molar-refractivity contribution is 5.80. The van der Waals surface area contributed by atoms with Gasteiger partial charge in [-0.1, -0.05) is 142 Å². The van der Waals surface area contributed by atoms with Crippen LogP contribution in [0.2, 0.25) is 0 Å². The largest absolute Gasteiger partial charge is 0.394 e. The van der Waals surface area contributed by atoms with Crippen LogP contribution in [-0.2, 0) is 4.79 Å². The van der Waals surface area contributed by atoms with Gasteiger partial charge < -0.3 is 25.7 Å². The Labute approximate surface area is 247 Å². The third kappa shape index (κ3) is 23.7. The Morgan fingerprint density at radius 2 is 1.02 bits per heavy atom. The van der Waals surface area contributed by atoms with Crippen molar-refractivity contribution in [2.24, 2.45) is 0 Å². The van der Waals surface area contributed by atoms with Crippen molar-refractivity contribution in [1.82, 2.24) is 5.32 Å². The summed E-state index contributed by atoms with van der Waals surface area (Å²) in [5, 5.41) is 43.1. The average Bonchev–Trinajstić information content (AvgIpc) is 2.96. The lowest BCUT2D eigenvalue weighted by Gasteiger charge is -2.27. The SMILES string of the molecule is CCCCC/C=C/CCCC(O)C(O)C(CO)NC(=O)C(O)CCCCCCCCCCCCCCCCCC. The van der Waals surface area contributed by atoms with E-state index < -0.39 is 36.9 Å². The Hall–Kier alpha value is -0.950. The number of allylic oxidation sites excluding steroid dienone is 2. The number of hydrogen-bond donors (Lipinski definition) is 5. The monoisotopic (exact) mass is 570 g/mol. The van der Waals surface area contributed by atoms with Crippen molar-refractivity contribution in [3.8, 4) is 0 Å². The molecule has 0 aliphatic carbocycles. The topological polar surface area (TPSA) is 110 Å². The molecule has 0 aromatic rings. The Bertz CT molecular complexity index is 571. The lowest BCUT2D eigenvalue weighted by molar-refractivity contribution is -0.132. The molecule has 0 bridgehead atoms. The quantitative estimate of drug-likeness (QED) is 0.0454. The standard InChI is InChI=1S/C34H67NO5/c1-3-5-7-9-11-13-14-15-16-17-18-19-20-22-24-26-28-32(38)34(40)35-30(29-36)33(39)31(37)27-25-23-21-12-10-8-6-4-2/h12,21,30-33,36-39H,3-11,13-20,22-29H2,1-2H3,(H,35,40)/b21-12+. The summed E-state index contributed by atoms with van der Waals surface area (Å²) in [5.74, 6) is -0.596. The molecule has 4 unspecified atom stereocenters. The molecule has 0 rings (SSSR count). The first-order valence-electron chi connectivity index (χ1n) is 17.1. The van der Waals surface area contributed by atoms with Gasteiger partial charge in [-0.2, -0.15) is 0 Å². The fourth-order valence-corrected chi connectivity index (χ4v) is 5.17. The maximum Gasteiger partial charge on any atom is 0.249 e. The van der Waals surface area contributed by atoms with Gasteiger partial charge in [0, 0.05) is 0 Å². The molecule has 0 heterocycles. The van der Waals surface area contributed by atoms with Crippen LogP contribution < -0.4 is 5.32 Å². The normalized spacial score (nSPS) is 14.8. The average molecular weight is 570 g/mol. The Morgan fingerprint density at radius 3 is 1.50 bits per heavy atom. The molecule has 0 radical (unpaired) electrons. The molecule has 0 saturated carbocycles. The van der Waals surface area contributed by atoms with E-state index in [2.05, 4.69) is 31.3 Å². The van der Waals surface area contributed by atoms with E-state index in [9.17, 15) is 25.2 Å². The molecule has 0 aromatic heterocycles. The van der Waals surface area contributed by atoms with Crippen LogP contribution in [0.5, 0.6) is 0 Å². The Balaban J connectivity index is 3.81. The van der Waals surface area contributed by atoms with Crippen molar-refractivity contribution < 1.29 is 25.2 Å². The summed E-state index contributed by atoms with van der Waals surface area (Å²) >= 11 is 0. The predicted octanol–water partition coefficient (Wildman–Crippen LogP) is 7.50. The van der Waals surface area contributed by atoms with Gasteiger partial charge >= 0.3 is 0 Å². The van der Waals surface area contributed by atoms with E-state index in [4.69, 9.17) is 0 Å². The second-order valence-corrected chi connectivity index (χ2v) is 11.9. The first kappa shape index (κ1) is 39.0. The molecule has 0 saturated heterocycles. The van der Waals surface area contributed by atoms with E-state index >= 15 is 0 Å². The lowest BCUT2D eigenvalue weighted by atomic mass is 10.00. The first-order valence-corrected chi connectivity index (χ1v) is 17.1. The van der Waals surface area contributed by atoms with Crippen molar-refractivity contribution in [3.63, 3.8) is 0 Å². The molecule has 40 heavy (non-hydrogen) atoms. The molecule has 238 valence electrons. The van der Waals surface area contributed by atoms with Crippen LogP contribution in [-0.4, -0.2) is 57.3 Å². The predicted molar refractivity (Wildman–Crippen MR) is 168 cm³/mol. The van der Waals surface area contributed by atoms with Crippen LogP contribution in [0.3, 0.4) is 0 Å². The van der Waals surface area contributed by atoms with Crippen LogP contribution in [0.4, 0.5) is 0 Å². The number of carbonyl (C=O) groups is 1. The van der Waals surface area contributed by atoms with Gasteiger partial charge in [0.25, 0.3) is 0 Å². The van der Waals surface area contributed by atoms with Crippen molar-refractivity contribution in [3.05, 3.63) is 12.2 Å². The molecule has 6 nitrogen and oxygen atoms in total. The number of aliphatic hydroxyl groups excluding tert-OH is 4. The summed E-state index contributed by atoms with van der Waals surface area (Å²) in [5.41, 5.74) is 0. The summed E-state index contributed by atoms with van der Waals surface area (Å²) in [6.45, 7) is 3.95. The van der Waals surface area contributed by atoms with Crippen LogP contribution >= 0.6 is 0 Å². The number of unbranched alkanes of at least 4 members (excludes halogenated alkanes) is 19. The highest BCUT2D eigenvalue weighted by Gasteiger charge is 2.28. The van der Waals surface area contributed by atoms with Crippen molar-refractivity contribution in [2.75, 3.05) is 6.61 Å². The summed E-state index contributed by atoms with van der Waals surface area (Å²) in [4.78, 5) is 12.4. The first-order chi connectivity index (χ1) is 19.5. The van der Waals surface area contributed by atoms with Crippen LogP contribution in [0.25, 0.3) is 0 Å². The number of aliphatic hydroxyl groups is 4. The minimum absolute atomic E-state index is 0.367. The molecule has 1 amide bonds. The van der Waals surface area contributed by atoms with Crippen LogP contribution in [0, 0.1) is 0 Å². The zero-order valence-corrected chi connectivity index (χ0v) is 26.3. The van der Waals surface area contributed by atoms with Gasteiger partial charge in [0.2, 0.25) is 5.91 Å². The zero-order chi connectivity index (χ0) is 29.7. The lowest BCUT2D eigenvalue weighted by Crippen LogP contribution is -2.53. The third-order valence-electron chi connectivity index (χ3n) is 7.98. The highest BCUT2D eigenvalue weighted by atomic mass is 16.3. The number of nitrogens with one attached hydrogen (secondary N) is 1. The van der Waals surface area contributed by atoms with Gasteiger partial charge in [-0.3, -0.25) is 4.79 Å². The van der Waals surface area contributed by atoms with Gasteiger partial charge in [0.1, 0.15) is 12.2 Å². The molecule has 5 N–H and O–H groups in total. The van der Waals surface area contributed by atoms with E-state index in [1.54, 1.807) is 0 Å². The van der Waals surface area contributed by atoms with E-state index in [1.807, 2.05) is 0 Å².